The van der Waals surface area contributed by atoms with E-state index in [0.29, 0.717) is 6.04 Å². The van der Waals surface area contributed by atoms with Crippen molar-refractivity contribution in [3.05, 3.63) is 34.3 Å². The van der Waals surface area contributed by atoms with Crippen LogP contribution in [-0.2, 0) is 11.2 Å². The molecule has 2 atom stereocenters. The lowest BCUT2D eigenvalue weighted by molar-refractivity contribution is 0.101. The summed E-state index contributed by atoms with van der Waals surface area (Å²) in [6.07, 6.45) is 1.13. The SMILES string of the molecule is CC1COC(Cc2ccc(Br)cc2)N1.Cl. The molecule has 1 aliphatic rings. The molecule has 0 aliphatic carbocycles. The molecule has 15 heavy (non-hydrogen) atoms. The van der Waals surface area contributed by atoms with Gasteiger partial charge in [0.1, 0.15) is 6.23 Å². The first-order chi connectivity index (χ1) is 6.74. The van der Waals surface area contributed by atoms with Crippen molar-refractivity contribution in [1.82, 2.24) is 5.32 Å². The van der Waals surface area contributed by atoms with Gasteiger partial charge in [-0.25, -0.2) is 0 Å². The summed E-state index contributed by atoms with van der Waals surface area (Å²) in [6.45, 7) is 2.96. The maximum Gasteiger partial charge on any atom is 0.112 e. The van der Waals surface area contributed by atoms with E-state index in [-0.39, 0.29) is 18.6 Å². The van der Waals surface area contributed by atoms with Crippen molar-refractivity contribution in [3.8, 4) is 0 Å². The van der Waals surface area contributed by atoms with Gasteiger partial charge in [-0.05, 0) is 24.6 Å². The predicted octanol–water partition coefficient (Wildman–Crippen LogP) is 2.75. The van der Waals surface area contributed by atoms with E-state index < -0.39 is 0 Å². The van der Waals surface area contributed by atoms with Crippen molar-refractivity contribution >= 4 is 28.3 Å². The van der Waals surface area contributed by atoms with Gasteiger partial charge in [-0.15, -0.1) is 12.4 Å². The van der Waals surface area contributed by atoms with E-state index in [1.165, 1.54) is 5.56 Å². The van der Waals surface area contributed by atoms with Gasteiger partial charge in [-0.2, -0.15) is 0 Å². The summed E-state index contributed by atoms with van der Waals surface area (Å²) in [5, 5.41) is 3.38. The molecule has 1 heterocycles. The molecule has 1 aromatic carbocycles. The molecule has 1 saturated heterocycles. The van der Waals surface area contributed by atoms with Gasteiger partial charge in [-0.3, -0.25) is 5.32 Å². The smallest absolute Gasteiger partial charge is 0.112 e. The molecule has 1 N–H and O–H groups in total. The minimum Gasteiger partial charge on any atom is -0.361 e. The van der Waals surface area contributed by atoms with Crippen molar-refractivity contribution in [2.45, 2.75) is 25.6 Å². The molecule has 0 bridgehead atoms. The van der Waals surface area contributed by atoms with Gasteiger partial charge in [0.05, 0.1) is 6.61 Å². The highest BCUT2D eigenvalue weighted by atomic mass is 79.9. The van der Waals surface area contributed by atoms with E-state index in [4.69, 9.17) is 4.74 Å². The Labute approximate surface area is 105 Å². The molecule has 1 aliphatic heterocycles. The molecule has 0 saturated carbocycles. The summed E-state index contributed by atoms with van der Waals surface area (Å²) in [7, 11) is 0. The Morgan fingerprint density at radius 1 is 1.40 bits per heavy atom. The maximum atomic E-state index is 5.58. The molecule has 1 aromatic rings. The third-order valence-electron chi connectivity index (χ3n) is 2.35. The highest BCUT2D eigenvalue weighted by Crippen LogP contribution is 2.14. The van der Waals surface area contributed by atoms with Crippen LogP contribution in [0.1, 0.15) is 12.5 Å². The molecule has 4 heteroatoms. The highest BCUT2D eigenvalue weighted by molar-refractivity contribution is 9.10. The number of ether oxygens (including phenoxy) is 1. The van der Waals surface area contributed by atoms with Crippen LogP contribution in [0, 0.1) is 0 Å². The average Bonchev–Trinajstić information content (AvgIpc) is 2.56. The largest absolute Gasteiger partial charge is 0.361 e. The van der Waals surface area contributed by atoms with E-state index in [9.17, 15) is 0 Å². The van der Waals surface area contributed by atoms with Crippen LogP contribution in [0.15, 0.2) is 28.7 Å². The summed E-state index contributed by atoms with van der Waals surface area (Å²) in [4.78, 5) is 0. The lowest BCUT2D eigenvalue weighted by Crippen LogP contribution is -2.29. The van der Waals surface area contributed by atoms with Crippen LogP contribution in [-0.4, -0.2) is 18.9 Å². The zero-order valence-electron chi connectivity index (χ0n) is 8.57. The molecule has 2 rings (SSSR count). The fraction of sp³-hybridized carbons (Fsp3) is 0.455. The first-order valence-corrected chi connectivity index (χ1v) is 5.65. The summed E-state index contributed by atoms with van der Waals surface area (Å²) >= 11 is 3.42. The number of benzene rings is 1. The second-order valence-electron chi connectivity index (χ2n) is 3.72. The Bertz CT molecular complexity index is 304. The number of hydrogen-bond donors (Lipinski definition) is 1. The molecule has 1 fully saturated rings. The van der Waals surface area contributed by atoms with E-state index in [0.717, 1.165) is 17.5 Å². The summed E-state index contributed by atoms with van der Waals surface area (Å²) in [6, 6.07) is 8.85. The molecule has 2 nitrogen and oxygen atoms in total. The van der Waals surface area contributed by atoms with Crippen LogP contribution in [0.3, 0.4) is 0 Å². The minimum absolute atomic E-state index is 0. The van der Waals surface area contributed by atoms with Gasteiger partial charge in [0.25, 0.3) is 0 Å². The number of halogens is 2. The maximum absolute atomic E-state index is 5.58. The lowest BCUT2D eigenvalue weighted by Gasteiger charge is -2.10. The van der Waals surface area contributed by atoms with E-state index in [1.54, 1.807) is 0 Å². The first-order valence-electron chi connectivity index (χ1n) is 4.86. The fourth-order valence-electron chi connectivity index (χ4n) is 1.63. The zero-order valence-corrected chi connectivity index (χ0v) is 11.0. The van der Waals surface area contributed by atoms with Crippen LogP contribution in [0.5, 0.6) is 0 Å². The van der Waals surface area contributed by atoms with Crippen molar-refractivity contribution < 1.29 is 4.74 Å². The Morgan fingerprint density at radius 2 is 2.07 bits per heavy atom. The van der Waals surface area contributed by atoms with Gasteiger partial charge in [-0.1, -0.05) is 28.1 Å². The molecule has 0 spiro atoms. The summed E-state index contributed by atoms with van der Waals surface area (Å²) < 4.78 is 6.70. The molecule has 0 radical (unpaired) electrons. The van der Waals surface area contributed by atoms with Crippen molar-refractivity contribution in [2.75, 3.05) is 6.61 Å². The fourth-order valence-corrected chi connectivity index (χ4v) is 1.89. The zero-order chi connectivity index (χ0) is 9.97. The standard InChI is InChI=1S/C11H14BrNO.ClH/c1-8-7-14-11(13-8)6-9-2-4-10(12)5-3-9;/h2-5,8,11,13H,6-7H2,1H3;1H. The van der Waals surface area contributed by atoms with Gasteiger partial charge >= 0.3 is 0 Å². The molecule has 84 valence electrons. The van der Waals surface area contributed by atoms with Crippen molar-refractivity contribution in [2.24, 2.45) is 0 Å². The molecule has 2 unspecified atom stereocenters. The Hall–Kier alpha value is -0.0900. The predicted molar refractivity (Wildman–Crippen MR) is 67.4 cm³/mol. The summed E-state index contributed by atoms with van der Waals surface area (Å²) in [5.41, 5.74) is 1.31. The molecular formula is C11H15BrClNO. The van der Waals surface area contributed by atoms with E-state index in [1.807, 2.05) is 0 Å². The van der Waals surface area contributed by atoms with Crippen LogP contribution in [0.25, 0.3) is 0 Å². The van der Waals surface area contributed by atoms with Crippen LogP contribution >= 0.6 is 28.3 Å². The molecule has 0 amide bonds. The van der Waals surface area contributed by atoms with Gasteiger partial charge in [0, 0.05) is 16.9 Å². The monoisotopic (exact) mass is 291 g/mol. The first kappa shape index (κ1) is 13.0. The topological polar surface area (TPSA) is 21.3 Å². The van der Waals surface area contributed by atoms with Gasteiger partial charge < -0.3 is 4.74 Å². The van der Waals surface area contributed by atoms with E-state index in [2.05, 4.69) is 52.4 Å². The van der Waals surface area contributed by atoms with Crippen LogP contribution in [0.2, 0.25) is 0 Å². The highest BCUT2D eigenvalue weighted by Gasteiger charge is 2.20. The summed E-state index contributed by atoms with van der Waals surface area (Å²) in [5.74, 6) is 0. The normalized spacial score (nSPS) is 24.9. The number of rotatable bonds is 2. The Balaban J connectivity index is 0.00000112. The van der Waals surface area contributed by atoms with Crippen molar-refractivity contribution in [3.63, 3.8) is 0 Å². The third-order valence-corrected chi connectivity index (χ3v) is 2.88. The minimum atomic E-state index is 0. The quantitative estimate of drug-likeness (QED) is 0.905. The second kappa shape index (κ2) is 5.85. The average molecular weight is 293 g/mol. The van der Waals surface area contributed by atoms with Crippen molar-refractivity contribution in [1.29, 1.82) is 0 Å². The number of nitrogens with one attached hydrogen (secondary N) is 1. The Morgan fingerprint density at radius 3 is 2.60 bits per heavy atom. The molecule has 0 aromatic heterocycles. The number of hydrogen-bond acceptors (Lipinski definition) is 2. The molecular weight excluding hydrogens is 277 g/mol. The van der Waals surface area contributed by atoms with Gasteiger partial charge in [0.2, 0.25) is 0 Å². The lowest BCUT2D eigenvalue weighted by atomic mass is 10.1. The third kappa shape index (κ3) is 3.76. The van der Waals surface area contributed by atoms with Gasteiger partial charge in [0.15, 0.2) is 0 Å². The van der Waals surface area contributed by atoms with Crippen LogP contribution in [0.4, 0.5) is 0 Å². The van der Waals surface area contributed by atoms with E-state index >= 15 is 0 Å². The van der Waals surface area contributed by atoms with Crippen LogP contribution < -0.4 is 5.32 Å². The Kier molecular flexibility index (Phi) is 5.06. The second-order valence-corrected chi connectivity index (χ2v) is 4.64.